The van der Waals surface area contributed by atoms with E-state index < -0.39 is 0 Å². The number of benzene rings is 3. The molecule has 1 aliphatic rings. The molecule has 1 aliphatic heterocycles. The first-order valence-corrected chi connectivity index (χ1v) is 12.9. The van der Waals surface area contributed by atoms with Crippen LogP contribution < -0.4 is 14.4 Å². The number of likely N-dealkylation sites (N-methyl/N-ethyl adjacent to an activating group) is 1. The monoisotopic (exact) mass is 483 g/mol. The number of methoxy groups -OCH3 is 2. The van der Waals surface area contributed by atoms with Gasteiger partial charge >= 0.3 is 0 Å². The number of ether oxygens (including phenoxy) is 2. The number of aromatic amines is 1. The van der Waals surface area contributed by atoms with Gasteiger partial charge in [0.05, 0.1) is 19.9 Å². The van der Waals surface area contributed by atoms with Crippen LogP contribution in [0.25, 0.3) is 33.3 Å². The third-order valence-electron chi connectivity index (χ3n) is 7.37. The van der Waals surface area contributed by atoms with Crippen LogP contribution in [-0.4, -0.2) is 57.3 Å². The molecule has 0 bridgehead atoms. The standard InChI is InChI=1S/C31H37N3O2/c1-21(2)30-26-19-23(22-7-11-25(12-8-22)34-16-6-15-33(3)17-18-34)9-13-27(26)32-31(30)24-10-14-28(35-4)29(20-24)36-5/h7-14,19-21,32H,6,15-18H2,1-5H3. The van der Waals surface area contributed by atoms with Crippen molar-refractivity contribution in [2.45, 2.75) is 26.2 Å². The Hall–Kier alpha value is -3.44. The van der Waals surface area contributed by atoms with Crippen molar-refractivity contribution in [3.63, 3.8) is 0 Å². The summed E-state index contributed by atoms with van der Waals surface area (Å²) in [6, 6.07) is 22.0. The summed E-state index contributed by atoms with van der Waals surface area (Å²) in [7, 11) is 5.56. The molecule has 5 heteroatoms. The van der Waals surface area contributed by atoms with Gasteiger partial charge in [-0.3, -0.25) is 0 Å². The number of hydrogen-bond acceptors (Lipinski definition) is 4. The molecule has 1 aromatic heterocycles. The number of rotatable bonds is 6. The summed E-state index contributed by atoms with van der Waals surface area (Å²) in [4.78, 5) is 8.61. The van der Waals surface area contributed by atoms with Gasteiger partial charge in [0.25, 0.3) is 0 Å². The topological polar surface area (TPSA) is 40.7 Å². The number of fused-ring (bicyclic) bond motifs is 1. The van der Waals surface area contributed by atoms with E-state index in [2.05, 4.69) is 90.3 Å². The maximum atomic E-state index is 5.57. The highest BCUT2D eigenvalue weighted by molar-refractivity contribution is 5.94. The van der Waals surface area contributed by atoms with Crippen molar-refractivity contribution in [2.24, 2.45) is 0 Å². The highest BCUT2D eigenvalue weighted by Crippen LogP contribution is 2.40. The maximum Gasteiger partial charge on any atom is 0.161 e. The lowest BCUT2D eigenvalue weighted by molar-refractivity contribution is 0.355. The Bertz CT molecular complexity index is 1340. The maximum absolute atomic E-state index is 5.57. The summed E-state index contributed by atoms with van der Waals surface area (Å²) < 4.78 is 11.0. The molecule has 36 heavy (non-hydrogen) atoms. The second-order valence-corrected chi connectivity index (χ2v) is 10.1. The molecule has 1 saturated heterocycles. The molecule has 0 saturated carbocycles. The summed E-state index contributed by atoms with van der Waals surface area (Å²) in [6.45, 7) is 9.01. The highest BCUT2D eigenvalue weighted by Gasteiger charge is 2.19. The van der Waals surface area contributed by atoms with Crippen molar-refractivity contribution in [1.29, 1.82) is 0 Å². The van der Waals surface area contributed by atoms with Gasteiger partial charge in [0.2, 0.25) is 0 Å². The summed E-state index contributed by atoms with van der Waals surface area (Å²) in [5.74, 6) is 1.84. The molecule has 2 heterocycles. The van der Waals surface area contributed by atoms with E-state index in [4.69, 9.17) is 9.47 Å². The van der Waals surface area contributed by atoms with E-state index in [-0.39, 0.29) is 0 Å². The Labute approximate surface area is 214 Å². The fraction of sp³-hybridized carbons (Fsp3) is 0.355. The number of aromatic nitrogens is 1. The Morgan fingerprint density at radius 3 is 2.19 bits per heavy atom. The largest absolute Gasteiger partial charge is 0.493 e. The predicted octanol–water partition coefficient (Wildman–Crippen LogP) is 6.78. The SMILES string of the molecule is COc1ccc(-c2[nH]c3ccc(-c4ccc(N5CCCN(C)CC5)cc4)cc3c2C(C)C)cc1OC. The third kappa shape index (κ3) is 4.68. The second kappa shape index (κ2) is 10.3. The van der Waals surface area contributed by atoms with Crippen LogP contribution in [0.3, 0.4) is 0 Å². The fourth-order valence-corrected chi connectivity index (χ4v) is 5.38. The normalized spacial score (nSPS) is 14.9. The van der Waals surface area contributed by atoms with Gasteiger partial charge in [-0.15, -0.1) is 0 Å². The van der Waals surface area contributed by atoms with Gasteiger partial charge in [0.1, 0.15) is 0 Å². The number of hydrogen-bond donors (Lipinski definition) is 1. The van der Waals surface area contributed by atoms with Crippen LogP contribution in [0.15, 0.2) is 60.7 Å². The zero-order chi connectivity index (χ0) is 25.2. The van der Waals surface area contributed by atoms with E-state index in [9.17, 15) is 0 Å². The minimum atomic E-state index is 0.362. The molecular weight excluding hydrogens is 446 g/mol. The van der Waals surface area contributed by atoms with Crippen LogP contribution in [0.5, 0.6) is 11.5 Å². The van der Waals surface area contributed by atoms with Crippen molar-refractivity contribution >= 4 is 16.6 Å². The Morgan fingerprint density at radius 1 is 0.750 bits per heavy atom. The zero-order valence-electron chi connectivity index (χ0n) is 22.1. The van der Waals surface area contributed by atoms with E-state index >= 15 is 0 Å². The molecule has 5 rings (SSSR count). The highest BCUT2D eigenvalue weighted by atomic mass is 16.5. The predicted molar refractivity (Wildman–Crippen MR) is 151 cm³/mol. The van der Waals surface area contributed by atoms with Crippen LogP contribution in [0.4, 0.5) is 5.69 Å². The lowest BCUT2D eigenvalue weighted by atomic mass is 9.94. The number of nitrogens with zero attached hydrogens (tertiary/aromatic N) is 2. The average Bonchev–Trinajstić information content (AvgIpc) is 3.16. The van der Waals surface area contributed by atoms with E-state index in [1.165, 1.54) is 40.7 Å². The lowest BCUT2D eigenvalue weighted by Gasteiger charge is -2.23. The molecule has 3 aromatic carbocycles. The summed E-state index contributed by atoms with van der Waals surface area (Å²) in [5.41, 5.74) is 8.51. The smallest absolute Gasteiger partial charge is 0.161 e. The van der Waals surface area contributed by atoms with E-state index in [1.807, 2.05) is 6.07 Å². The molecule has 1 fully saturated rings. The number of H-pyrrole nitrogens is 1. The minimum absolute atomic E-state index is 0.362. The summed E-state index contributed by atoms with van der Waals surface area (Å²) in [5, 5.41) is 1.27. The first kappa shape index (κ1) is 24.3. The van der Waals surface area contributed by atoms with Gasteiger partial charge in [-0.1, -0.05) is 32.0 Å². The van der Waals surface area contributed by atoms with E-state index in [0.717, 1.165) is 47.9 Å². The van der Waals surface area contributed by atoms with Crippen LogP contribution in [0.2, 0.25) is 0 Å². The summed E-state index contributed by atoms with van der Waals surface area (Å²) >= 11 is 0. The van der Waals surface area contributed by atoms with Crippen molar-refractivity contribution < 1.29 is 9.47 Å². The van der Waals surface area contributed by atoms with E-state index in [0.29, 0.717) is 5.92 Å². The second-order valence-electron chi connectivity index (χ2n) is 10.1. The number of anilines is 1. The minimum Gasteiger partial charge on any atom is -0.493 e. The number of nitrogens with one attached hydrogen (secondary N) is 1. The van der Waals surface area contributed by atoms with E-state index in [1.54, 1.807) is 14.2 Å². The van der Waals surface area contributed by atoms with Gasteiger partial charge in [-0.05, 0) is 85.1 Å². The molecule has 0 amide bonds. The van der Waals surface area contributed by atoms with Crippen molar-refractivity contribution in [3.05, 3.63) is 66.2 Å². The van der Waals surface area contributed by atoms with Crippen LogP contribution in [0.1, 0.15) is 31.7 Å². The van der Waals surface area contributed by atoms with Gasteiger partial charge in [0, 0.05) is 41.8 Å². The molecular formula is C31H37N3O2. The molecule has 188 valence electrons. The molecule has 0 radical (unpaired) electrons. The first-order valence-electron chi connectivity index (χ1n) is 12.9. The van der Waals surface area contributed by atoms with Gasteiger partial charge in [-0.25, -0.2) is 0 Å². The molecule has 1 N–H and O–H groups in total. The lowest BCUT2D eigenvalue weighted by Crippen LogP contribution is -2.28. The Kier molecular flexibility index (Phi) is 6.92. The van der Waals surface area contributed by atoms with Gasteiger partial charge in [-0.2, -0.15) is 0 Å². The average molecular weight is 484 g/mol. The molecule has 0 aliphatic carbocycles. The van der Waals surface area contributed by atoms with Crippen LogP contribution in [0, 0.1) is 0 Å². The van der Waals surface area contributed by atoms with Gasteiger partial charge < -0.3 is 24.3 Å². The summed E-state index contributed by atoms with van der Waals surface area (Å²) in [6.07, 6.45) is 1.21. The molecule has 5 nitrogen and oxygen atoms in total. The zero-order valence-corrected chi connectivity index (χ0v) is 22.1. The van der Waals surface area contributed by atoms with Crippen molar-refractivity contribution in [3.8, 4) is 33.9 Å². The van der Waals surface area contributed by atoms with Crippen LogP contribution in [-0.2, 0) is 0 Å². The quantitative estimate of drug-likeness (QED) is 0.328. The molecule has 0 unspecified atom stereocenters. The van der Waals surface area contributed by atoms with Crippen molar-refractivity contribution in [1.82, 2.24) is 9.88 Å². The first-order chi connectivity index (χ1) is 17.5. The van der Waals surface area contributed by atoms with Crippen LogP contribution >= 0.6 is 0 Å². The molecule has 4 aromatic rings. The fourth-order valence-electron chi connectivity index (χ4n) is 5.38. The Morgan fingerprint density at radius 2 is 1.47 bits per heavy atom. The third-order valence-corrected chi connectivity index (χ3v) is 7.37. The molecule has 0 atom stereocenters. The Balaban J connectivity index is 1.50. The van der Waals surface area contributed by atoms with Crippen molar-refractivity contribution in [2.75, 3.05) is 52.3 Å². The van der Waals surface area contributed by atoms with Gasteiger partial charge in [0.15, 0.2) is 11.5 Å². The molecule has 0 spiro atoms.